The Morgan fingerprint density at radius 3 is 2.17 bits per heavy atom. The Morgan fingerprint density at radius 2 is 2.17 bits per heavy atom. The second-order valence-electron chi connectivity index (χ2n) is 0.698. The number of nitrogens with one attached hydrogen (secondary N) is 1. The second-order valence-corrected chi connectivity index (χ2v) is 0.698. The monoisotopic (exact) mass is 96.1 g/mol. The number of hydrogen-bond donors (Lipinski definition) is 1. The van der Waals surface area contributed by atoms with Crippen molar-refractivity contribution >= 4 is 0 Å². The molecule has 0 spiro atoms. The van der Waals surface area contributed by atoms with Gasteiger partial charge in [0.2, 0.25) is 0 Å². The van der Waals surface area contributed by atoms with E-state index in [1.807, 2.05) is 6.92 Å². The van der Waals surface area contributed by atoms with Crippen LogP contribution in [0.25, 0.3) is 5.43 Å². The maximum atomic E-state index is 3.72. The van der Waals surface area contributed by atoms with E-state index in [2.05, 4.69) is 10.9 Å². The average Bonchev–Trinajstić information content (AvgIpc) is 1.41. The van der Waals surface area contributed by atoms with Gasteiger partial charge in [0.1, 0.15) is 0 Å². The summed E-state index contributed by atoms with van der Waals surface area (Å²) in [6.45, 7) is 2.84. The van der Waals surface area contributed by atoms with E-state index in [-0.39, 0.29) is 29.6 Å². The van der Waals surface area contributed by atoms with Crippen molar-refractivity contribution in [1.82, 2.24) is 5.43 Å². The number of rotatable bonds is 2. The fourth-order valence-corrected chi connectivity index (χ4v) is 0.158. The fraction of sp³-hybridized carbons (Fsp3) is 1.00. The summed E-state index contributed by atoms with van der Waals surface area (Å²) in [4.78, 5) is 0. The molecule has 0 aromatic carbocycles. The van der Waals surface area contributed by atoms with Gasteiger partial charge in [-0.25, -0.2) is 0 Å². The van der Waals surface area contributed by atoms with Gasteiger partial charge in [-0.05, 0) is 7.05 Å². The molecular formula is C3H9N2Na. The summed E-state index contributed by atoms with van der Waals surface area (Å²) in [7, 11) is 1.80. The first-order valence-electron chi connectivity index (χ1n) is 1.75. The Hall–Kier alpha value is 0.920. The van der Waals surface area contributed by atoms with Gasteiger partial charge in [-0.3, -0.25) is 0 Å². The van der Waals surface area contributed by atoms with Gasteiger partial charge in [-0.2, -0.15) is 0 Å². The molecule has 0 unspecified atom stereocenters. The van der Waals surface area contributed by atoms with E-state index >= 15 is 0 Å². The van der Waals surface area contributed by atoms with Crippen LogP contribution in [0.2, 0.25) is 0 Å². The minimum absolute atomic E-state index is 0. The van der Waals surface area contributed by atoms with Gasteiger partial charge in [-0.15, -0.1) is 6.54 Å². The third kappa shape index (κ3) is 8.87. The Balaban J connectivity index is 0. The topological polar surface area (TPSA) is 26.1 Å². The summed E-state index contributed by atoms with van der Waals surface area (Å²) in [6.07, 6.45) is 0. The van der Waals surface area contributed by atoms with E-state index in [0.717, 1.165) is 6.54 Å². The third-order valence-electron chi connectivity index (χ3n) is 0.316. The first-order valence-corrected chi connectivity index (χ1v) is 1.75. The van der Waals surface area contributed by atoms with E-state index in [4.69, 9.17) is 0 Å². The molecule has 0 atom stereocenters. The van der Waals surface area contributed by atoms with Crippen LogP contribution in [0.4, 0.5) is 0 Å². The molecule has 2 nitrogen and oxygen atoms in total. The Bertz CT molecular complexity index is 16.3. The maximum absolute atomic E-state index is 3.72. The van der Waals surface area contributed by atoms with Crippen molar-refractivity contribution in [1.29, 1.82) is 0 Å². The van der Waals surface area contributed by atoms with Crippen LogP contribution in [0.3, 0.4) is 0 Å². The predicted octanol–water partition coefficient (Wildman–Crippen LogP) is -2.48. The van der Waals surface area contributed by atoms with Gasteiger partial charge < -0.3 is 10.9 Å². The van der Waals surface area contributed by atoms with Crippen LogP contribution in [0.5, 0.6) is 0 Å². The molecule has 6 heavy (non-hydrogen) atoms. The number of hydrogen-bond acceptors (Lipinski definition) is 1. The largest absolute Gasteiger partial charge is 1.00 e. The molecule has 1 N–H and O–H groups in total. The molecule has 0 aliphatic carbocycles. The van der Waals surface area contributed by atoms with Crippen molar-refractivity contribution in [2.24, 2.45) is 0 Å². The summed E-state index contributed by atoms with van der Waals surface area (Å²) in [5.41, 5.74) is 6.36. The predicted molar refractivity (Wildman–Crippen MR) is 23.0 cm³/mol. The van der Waals surface area contributed by atoms with Crippen LogP contribution in [0.1, 0.15) is 6.92 Å². The van der Waals surface area contributed by atoms with Gasteiger partial charge in [0.15, 0.2) is 0 Å². The maximum Gasteiger partial charge on any atom is 1.00 e. The summed E-state index contributed by atoms with van der Waals surface area (Å²) in [5, 5.41) is 0. The fourth-order valence-electron chi connectivity index (χ4n) is 0.158. The van der Waals surface area contributed by atoms with Crippen LogP contribution in [-0.4, -0.2) is 13.6 Å². The molecule has 0 rings (SSSR count). The standard InChI is InChI=1S/C3H9N2.Na/c1-3-5-4-2;/h4H,3H2,1-2H3;/q-1;+1. The van der Waals surface area contributed by atoms with Crippen molar-refractivity contribution in [3.05, 3.63) is 5.43 Å². The van der Waals surface area contributed by atoms with E-state index in [0.29, 0.717) is 0 Å². The van der Waals surface area contributed by atoms with Crippen molar-refractivity contribution in [2.75, 3.05) is 13.6 Å². The van der Waals surface area contributed by atoms with Crippen LogP contribution in [-0.2, 0) is 0 Å². The van der Waals surface area contributed by atoms with Crippen LogP contribution in [0, 0.1) is 0 Å². The quantitative estimate of drug-likeness (QED) is 0.299. The molecule has 0 bridgehead atoms. The zero-order valence-electron chi connectivity index (χ0n) is 4.65. The molecule has 0 aliphatic rings. The van der Waals surface area contributed by atoms with Crippen LogP contribution < -0.4 is 35.0 Å². The van der Waals surface area contributed by atoms with Gasteiger partial charge in [0, 0.05) is 0 Å². The molecule has 0 amide bonds. The summed E-state index contributed by atoms with van der Waals surface area (Å²) < 4.78 is 0. The van der Waals surface area contributed by atoms with Crippen LogP contribution >= 0.6 is 0 Å². The van der Waals surface area contributed by atoms with Gasteiger partial charge in [0.25, 0.3) is 0 Å². The molecule has 0 aromatic rings. The molecule has 0 fully saturated rings. The average molecular weight is 96.1 g/mol. The minimum atomic E-state index is 0. The van der Waals surface area contributed by atoms with Gasteiger partial charge >= 0.3 is 29.6 Å². The van der Waals surface area contributed by atoms with E-state index in [1.165, 1.54) is 0 Å². The Morgan fingerprint density at radius 1 is 1.67 bits per heavy atom. The van der Waals surface area contributed by atoms with Gasteiger partial charge in [-0.1, -0.05) is 6.92 Å². The van der Waals surface area contributed by atoms with E-state index in [9.17, 15) is 0 Å². The molecule has 0 saturated carbocycles. The SMILES string of the molecule is CC[N-]NC.[Na+]. The molecular weight excluding hydrogens is 87.0 g/mol. The van der Waals surface area contributed by atoms with E-state index in [1.54, 1.807) is 7.05 Å². The Kier molecular flexibility index (Phi) is 15.6. The molecule has 0 aromatic heterocycles. The summed E-state index contributed by atoms with van der Waals surface area (Å²) in [5.74, 6) is 0. The summed E-state index contributed by atoms with van der Waals surface area (Å²) >= 11 is 0. The second kappa shape index (κ2) is 9.33. The van der Waals surface area contributed by atoms with Gasteiger partial charge in [0.05, 0.1) is 0 Å². The van der Waals surface area contributed by atoms with Crippen molar-refractivity contribution in [3.8, 4) is 0 Å². The van der Waals surface area contributed by atoms with E-state index < -0.39 is 0 Å². The minimum Gasteiger partial charge on any atom is -0.598 e. The summed E-state index contributed by atoms with van der Waals surface area (Å²) in [6, 6.07) is 0. The first kappa shape index (κ1) is 10.0. The first-order chi connectivity index (χ1) is 2.41. The zero-order chi connectivity index (χ0) is 4.12. The van der Waals surface area contributed by atoms with Crippen molar-refractivity contribution in [2.45, 2.75) is 6.92 Å². The molecule has 3 heteroatoms. The molecule has 0 heterocycles. The van der Waals surface area contributed by atoms with Crippen LogP contribution in [0.15, 0.2) is 0 Å². The molecule has 0 aliphatic heterocycles. The molecule has 0 radical (unpaired) electrons. The Labute approximate surface area is 61.0 Å². The normalized spacial score (nSPS) is 7.00. The third-order valence-corrected chi connectivity index (χ3v) is 0.316. The molecule has 32 valence electrons. The number of nitrogens with zero attached hydrogens (tertiary/aromatic N) is 1. The van der Waals surface area contributed by atoms with Crippen molar-refractivity contribution < 1.29 is 29.6 Å². The zero-order valence-corrected chi connectivity index (χ0v) is 6.65. The molecule has 0 saturated heterocycles. The van der Waals surface area contributed by atoms with Crippen molar-refractivity contribution in [3.63, 3.8) is 0 Å². The smallest absolute Gasteiger partial charge is 0.598 e.